The maximum Gasteiger partial charge on any atom is -0.00201 e. The molecular weight excluding hydrogens is 841 g/mol. The molecule has 0 amide bonds. The second-order valence-corrected chi connectivity index (χ2v) is 18.6. The average Bonchev–Trinajstić information content (AvgIpc) is 3.43. The molecule has 14 rings (SSSR count). The van der Waals surface area contributed by atoms with Gasteiger partial charge in [-0.25, -0.2) is 0 Å². The van der Waals surface area contributed by atoms with Gasteiger partial charge < -0.3 is 0 Å². The van der Waals surface area contributed by atoms with E-state index in [1.54, 1.807) is 0 Å². The van der Waals surface area contributed by atoms with Gasteiger partial charge in [0.15, 0.2) is 0 Å². The molecule has 0 aliphatic heterocycles. The van der Waals surface area contributed by atoms with Crippen LogP contribution in [0.5, 0.6) is 0 Å². The summed E-state index contributed by atoms with van der Waals surface area (Å²) in [5.41, 5.74) is 14.8. The Bertz CT molecular complexity index is 4290. The Morgan fingerprint density at radius 2 is 0.443 bits per heavy atom. The van der Waals surface area contributed by atoms with Crippen molar-refractivity contribution in [3.63, 3.8) is 0 Å². The normalized spacial score (nSPS) is 11.7. The van der Waals surface area contributed by atoms with Crippen LogP contribution in [0.15, 0.2) is 267 Å². The molecule has 0 N–H and O–H groups in total. The number of rotatable bonds is 6. The van der Waals surface area contributed by atoms with E-state index >= 15 is 0 Å². The SMILES string of the molecule is c1cc(-c2cc(-c3cccc(-c4c5ccccc5c(-c5cccc6ccccc56)c5ccccc45)c3)c3ccccc3c2)cc(-c2c3ccccc3c(-c3cccc4ccccc34)c3ccccc23)c1. The van der Waals surface area contributed by atoms with E-state index in [1.165, 1.54) is 142 Å². The van der Waals surface area contributed by atoms with Crippen molar-refractivity contribution in [3.8, 4) is 66.8 Å². The number of hydrogen-bond donors (Lipinski definition) is 0. The highest BCUT2D eigenvalue weighted by Gasteiger charge is 2.21. The number of hydrogen-bond acceptors (Lipinski definition) is 0. The first-order valence-corrected chi connectivity index (χ1v) is 24.3. The molecule has 70 heavy (non-hydrogen) atoms. The molecule has 0 saturated heterocycles. The van der Waals surface area contributed by atoms with Crippen LogP contribution in [0.2, 0.25) is 0 Å². The summed E-state index contributed by atoms with van der Waals surface area (Å²) < 4.78 is 0. The lowest BCUT2D eigenvalue weighted by molar-refractivity contribution is 1.60. The molecule has 0 spiro atoms. The second-order valence-electron chi connectivity index (χ2n) is 18.6. The number of fused-ring (bicyclic) bond motifs is 7. The highest BCUT2D eigenvalue weighted by Crippen LogP contribution is 2.48. The molecule has 324 valence electrons. The van der Waals surface area contributed by atoms with E-state index in [0.717, 1.165) is 0 Å². The van der Waals surface area contributed by atoms with Crippen molar-refractivity contribution in [2.75, 3.05) is 0 Å². The van der Waals surface area contributed by atoms with Crippen molar-refractivity contribution in [1.29, 1.82) is 0 Å². The monoisotopic (exact) mass is 884 g/mol. The first-order chi connectivity index (χ1) is 34.7. The molecule has 0 bridgehead atoms. The van der Waals surface area contributed by atoms with E-state index in [-0.39, 0.29) is 0 Å². The van der Waals surface area contributed by atoms with Crippen LogP contribution in [0.4, 0.5) is 0 Å². The summed E-state index contributed by atoms with van der Waals surface area (Å²) in [6, 6.07) is 99.0. The molecule has 0 nitrogen and oxygen atoms in total. The maximum absolute atomic E-state index is 2.42. The zero-order valence-electron chi connectivity index (χ0n) is 38.4. The van der Waals surface area contributed by atoms with E-state index in [2.05, 4.69) is 267 Å². The fourth-order valence-electron chi connectivity index (χ4n) is 11.8. The molecule has 0 atom stereocenters. The predicted molar refractivity (Wildman–Crippen MR) is 302 cm³/mol. The minimum atomic E-state index is 1.19. The van der Waals surface area contributed by atoms with E-state index < -0.39 is 0 Å². The Morgan fingerprint density at radius 3 is 0.886 bits per heavy atom. The van der Waals surface area contributed by atoms with Gasteiger partial charge in [0.05, 0.1) is 0 Å². The molecule has 0 fully saturated rings. The first kappa shape index (κ1) is 40.0. The van der Waals surface area contributed by atoms with Crippen LogP contribution < -0.4 is 0 Å². The summed E-state index contributed by atoms with van der Waals surface area (Å²) in [4.78, 5) is 0. The van der Waals surface area contributed by atoms with Crippen LogP contribution in [0.1, 0.15) is 0 Å². The van der Waals surface area contributed by atoms with Crippen LogP contribution >= 0.6 is 0 Å². The molecule has 0 aromatic heterocycles. The van der Waals surface area contributed by atoms with Gasteiger partial charge in [-0.15, -0.1) is 0 Å². The van der Waals surface area contributed by atoms with Gasteiger partial charge in [0.25, 0.3) is 0 Å². The topological polar surface area (TPSA) is 0 Å². The van der Waals surface area contributed by atoms with Gasteiger partial charge in [0, 0.05) is 0 Å². The van der Waals surface area contributed by atoms with Gasteiger partial charge in [-0.3, -0.25) is 0 Å². The number of benzene rings is 14. The lowest BCUT2D eigenvalue weighted by Gasteiger charge is -2.20. The minimum Gasteiger partial charge on any atom is -0.0616 e. The highest BCUT2D eigenvalue weighted by molar-refractivity contribution is 6.25. The molecule has 0 aliphatic rings. The van der Waals surface area contributed by atoms with Gasteiger partial charge in [0.1, 0.15) is 0 Å². The molecule has 0 aliphatic carbocycles. The van der Waals surface area contributed by atoms with Crippen LogP contribution in [0.3, 0.4) is 0 Å². The molecule has 0 radical (unpaired) electrons. The zero-order valence-corrected chi connectivity index (χ0v) is 38.4. The van der Waals surface area contributed by atoms with Crippen molar-refractivity contribution in [1.82, 2.24) is 0 Å². The molecule has 0 unspecified atom stereocenters. The van der Waals surface area contributed by atoms with Crippen molar-refractivity contribution in [3.05, 3.63) is 267 Å². The quantitative estimate of drug-likeness (QED) is 0.146. The van der Waals surface area contributed by atoms with Crippen LogP contribution in [-0.2, 0) is 0 Å². The van der Waals surface area contributed by atoms with Crippen molar-refractivity contribution in [2.45, 2.75) is 0 Å². The highest BCUT2D eigenvalue weighted by atomic mass is 14.2. The summed E-state index contributed by atoms with van der Waals surface area (Å²) in [6.07, 6.45) is 0. The Kier molecular flexibility index (Phi) is 9.32. The Hall–Kier alpha value is -9.10. The lowest BCUT2D eigenvalue weighted by atomic mass is 9.83. The van der Waals surface area contributed by atoms with E-state index in [9.17, 15) is 0 Å². The van der Waals surface area contributed by atoms with E-state index in [1.807, 2.05) is 0 Å². The molecular formula is C70H44. The Balaban J connectivity index is 0.940. The maximum atomic E-state index is 2.42. The third-order valence-electron chi connectivity index (χ3n) is 14.8. The zero-order chi connectivity index (χ0) is 46.1. The Morgan fingerprint density at radius 1 is 0.143 bits per heavy atom. The summed E-state index contributed by atoms with van der Waals surface area (Å²) in [5.74, 6) is 0. The predicted octanol–water partition coefficient (Wildman–Crippen LogP) is 19.8. The first-order valence-electron chi connectivity index (χ1n) is 24.3. The smallest absolute Gasteiger partial charge is 0.00201 e. The minimum absolute atomic E-state index is 1.19. The average molecular weight is 885 g/mol. The summed E-state index contributed by atoms with van der Waals surface area (Å²) in [7, 11) is 0. The van der Waals surface area contributed by atoms with Crippen molar-refractivity contribution in [2.24, 2.45) is 0 Å². The van der Waals surface area contributed by atoms with Gasteiger partial charge in [-0.05, 0) is 166 Å². The molecule has 0 saturated carbocycles. The van der Waals surface area contributed by atoms with Crippen molar-refractivity contribution < 1.29 is 0 Å². The van der Waals surface area contributed by atoms with Gasteiger partial charge >= 0.3 is 0 Å². The van der Waals surface area contributed by atoms with Gasteiger partial charge in [-0.2, -0.15) is 0 Å². The van der Waals surface area contributed by atoms with Gasteiger partial charge in [0.2, 0.25) is 0 Å². The van der Waals surface area contributed by atoms with Crippen molar-refractivity contribution >= 4 is 75.4 Å². The fraction of sp³-hybridized carbons (Fsp3) is 0. The van der Waals surface area contributed by atoms with Gasteiger partial charge in [-0.1, -0.05) is 243 Å². The third-order valence-corrected chi connectivity index (χ3v) is 14.8. The Labute approximate surface area is 407 Å². The molecule has 14 aromatic rings. The standard InChI is InChI=1S/C70H44/c1-4-28-53-45(19-1)22-17-39-56(53)69-62-35-11-7-31-58(62)67(59-32-8-12-36-63(59)69)50-26-15-24-47(41-50)52-43-48-21-3-6-30-55(48)66(44-52)49-25-16-27-51(42-49)68-60-33-9-13-37-64(60)70(65-38-14-10-34-61(65)68)57-40-18-23-46-20-2-5-29-54(46)57/h1-44H. The fourth-order valence-corrected chi connectivity index (χ4v) is 11.8. The third kappa shape index (κ3) is 6.38. The molecule has 14 aromatic carbocycles. The van der Waals surface area contributed by atoms with E-state index in [0.29, 0.717) is 0 Å². The lowest BCUT2D eigenvalue weighted by Crippen LogP contribution is -1.92. The summed E-state index contributed by atoms with van der Waals surface area (Å²) in [6.45, 7) is 0. The molecule has 0 heterocycles. The van der Waals surface area contributed by atoms with Crippen LogP contribution in [0, 0.1) is 0 Å². The summed E-state index contributed by atoms with van der Waals surface area (Å²) >= 11 is 0. The largest absolute Gasteiger partial charge is 0.0616 e. The molecule has 0 heteroatoms. The van der Waals surface area contributed by atoms with E-state index in [4.69, 9.17) is 0 Å². The van der Waals surface area contributed by atoms with Crippen LogP contribution in [0.25, 0.3) is 142 Å². The van der Waals surface area contributed by atoms with Crippen LogP contribution in [-0.4, -0.2) is 0 Å². The summed E-state index contributed by atoms with van der Waals surface area (Å²) in [5, 5.41) is 17.5. The second kappa shape index (κ2) is 16.3.